The van der Waals surface area contributed by atoms with Crippen LogP contribution in [0.2, 0.25) is 0 Å². The van der Waals surface area contributed by atoms with E-state index in [1.807, 2.05) is 30.6 Å². The first kappa shape index (κ1) is 21.7. The fourth-order valence-electron chi connectivity index (χ4n) is 4.40. The maximum absolute atomic E-state index is 12.5. The highest BCUT2D eigenvalue weighted by Gasteiger charge is 2.29. The monoisotopic (exact) mass is 426 g/mol. The van der Waals surface area contributed by atoms with Crippen LogP contribution in [-0.4, -0.2) is 27.9 Å². The van der Waals surface area contributed by atoms with Gasteiger partial charge in [0.2, 0.25) is 0 Å². The van der Waals surface area contributed by atoms with E-state index in [9.17, 15) is 10.1 Å². The Morgan fingerprint density at radius 1 is 1.19 bits per heavy atom. The van der Waals surface area contributed by atoms with Gasteiger partial charge in [-0.2, -0.15) is 5.26 Å². The fraction of sp³-hybridized carbons (Fsp3) is 0.308. The first-order valence-corrected chi connectivity index (χ1v) is 10.8. The largest absolute Gasteiger partial charge is 0.465 e. The minimum absolute atomic E-state index is 0.113. The number of hydrogen-bond donors (Lipinski definition) is 0. The topological polar surface area (TPSA) is 79.1 Å². The number of esters is 1. The van der Waals surface area contributed by atoms with Crippen molar-refractivity contribution in [1.29, 1.82) is 5.26 Å². The number of methoxy groups -OCH3 is 1. The molecule has 0 N–H and O–H groups in total. The third-order valence-electron chi connectivity index (χ3n) is 6.09. The molecule has 162 valence electrons. The van der Waals surface area contributed by atoms with Crippen LogP contribution in [-0.2, 0) is 24.2 Å². The summed E-state index contributed by atoms with van der Waals surface area (Å²) in [4.78, 5) is 24.2. The van der Waals surface area contributed by atoms with Crippen molar-refractivity contribution in [2.45, 2.75) is 45.3 Å². The van der Waals surface area contributed by atoms with Crippen LogP contribution in [0.1, 0.15) is 62.9 Å². The smallest absolute Gasteiger partial charge is 0.338 e. The summed E-state index contributed by atoms with van der Waals surface area (Å²) in [5.41, 5.74) is 6.19. The number of nitrogens with zero attached hydrogens (tertiary/aromatic N) is 4. The molecule has 0 saturated carbocycles. The molecule has 1 aromatic carbocycles. The predicted octanol–water partition coefficient (Wildman–Crippen LogP) is 4.52. The van der Waals surface area contributed by atoms with Crippen molar-refractivity contribution in [3.05, 3.63) is 94.1 Å². The molecule has 1 aliphatic rings. The van der Waals surface area contributed by atoms with Crippen molar-refractivity contribution in [1.82, 2.24) is 14.9 Å². The number of aryl methyl sites for hydroxylation is 2. The minimum atomic E-state index is -0.437. The second-order valence-corrected chi connectivity index (χ2v) is 8.10. The molecule has 2 aromatic heterocycles. The Morgan fingerprint density at radius 2 is 2.00 bits per heavy atom. The molecule has 0 bridgehead atoms. The number of fused-ring (bicyclic) bond motifs is 1. The van der Waals surface area contributed by atoms with Crippen LogP contribution in [0.15, 0.2) is 54.9 Å². The van der Waals surface area contributed by atoms with E-state index in [1.54, 1.807) is 12.1 Å². The normalized spacial score (nSPS) is 15.1. The zero-order valence-electron chi connectivity index (χ0n) is 18.4. The van der Waals surface area contributed by atoms with Crippen LogP contribution < -0.4 is 0 Å². The number of carbonyl (C=O) groups excluding carboxylic acids is 1. The van der Waals surface area contributed by atoms with E-state index < -0.39 is 5.97 Å². The molecule has 3 aromatic rings. The van der Waals surface area contributed by atoms with E-state index in [4.69, 9.17) is 9.72 Å². The number of pyridine rings is 2. The molecule has 2 heterocycles. The van der Waals surface area contributed by atoms with E-state index in [-0.39, 0.29) is 6.04 Å². The summed E-state index contributed by atoms with van der Waals surface area (Å²) in [6, 6.07) is 15.6. The number of carbonyl (C=O) groups is 1. The van der Waals surface area contributed by atoms with E-state index in [0.717, 1.165) is 41.8 Å². The standard InChI is InChI=1S/C26H26N4O2/c1-18-6-4-12-28-23(18)17-30(24-9-3-7-20-8-5-13-29-25(20)24)16-21-11-10-19(15-27)14-22(21)26(31)32-2/h4-6,8,10-14,24H,3,7,9,16-17H2,1-2H3. The predicted molar refractivity (Wildman–Crippen MR) is 121 cm³/mol. The lowest BCUT2D eigenvalue weighted by Crippen LogP contribution is -2.32. The number of ether oxygens (including phenoxy) is 1. The Hall–Kier alpha value is -3.56. The van der Waals surface area contributed by atoms with Gasteiger partial charge < -0.3 is 4.74 Å². The summed E-state index contributed by atoms with van der Waals surface area (Å²) in [6.07, 6.45) is 6.76. The first-order valence-electron chi connectivity index (χ1n) is 10.8. The third kappa shape index (κ3) is 4.53. The summed E-state index contributed by atoms with van der Waals surface area (Å²) >= 11 is 0. The molecule has 0 amide bonds. The van der Waals surface area contributed by atoms with Gasteiger partial charge in [-0.3, -0.25) is 14.9 Å². The minimum Gasteiger partial charge on any atom is -0.465 e. The summed E-state index contributed by atoms with van der Waals surface area (Å²) < 4.78 is 5.01. The Bertz CT molecular complexity index is 1170. The van der Waals surface area contributed by atoms with Gasteiger partial charge in [0.25, 0.3) is 0 Å². The number of rotatable bonds is 6. The van der Waals surface area contributed by atoms with Crippen molar-refractivity contribution in [2.75, 3.05) is 7.11 Å². The van der Waals surface area contributed by atoms with Crippen LogP contribution in [0.4, 0.5) is 0 Å². The Balaban J connectivity index is 1.75. The summed E-state index contributed by atoms with van der Waals surface area (Å²) in [5.74, 6) is -0.437. The second kappa shape index (κ2) is 9.71. The highest BCUT2D eigenvalue weighted by atomic mass is 16.5. The molecule has 0 fully saturated rings. The molecule has 1 atom stereocenters. The maximum atomic E-state index is 12.5. The number of aromatic nitrogens is 2. The lowest BCUT2D eigenvalue weighted by atomic mass is 9.90. The highest BCUT2D eigenvalue weighted by Crippen LogP contribution is 2.35. The molecule has 4 rings (SSSR count). The molecule has 1 unspecified atom stereocenters. The zero-order chi connectivity index (χ0) is 22.5. The number of benzene rings is 1. The molecule has 6 nitrogen and oxygen atoms in total. The molecule has 6 heteroatoms. The lowest BCUT2D eigenvalue weighted by Gasteiger charge is -2.35. The van der Waals surface area contributed by atoms with Crippen molar-refractivity contribution >= 4 is 5.97 Å². The molecule has 32 heavy (non-hydrogen) atoms. The lowest BCUT2D eigenvalue weighted by molar-refractivity contribution is 0.0596. The van der Waals surface area contributed by atoms with Crippen LogP contribution in [0.25, 0.3) is 0 Å². The van der Waals surface area contributed by atoms with Gasteiger partial charge in [0.15, 0.2) is 0 Å². The van der Waals surface area contributed by atoms with Crippen molar-refractivity contribution in [3.63, 3.8) is 0 Å². The maximum Gasteiger partial charge on any atom is 0.338 e. The van der Waals surface area contributed by atoms with E-state index in [2.05, 4.69) is 35.0 Å². The number of nitriles is 1. The van der Waals surface area contributed by atoms with Crippen LogP contribution >= 0.6 is 0 Å². The van der Waals surface area contributed by atoms with Crippen LogP contribution in [0.3, 0.4) is 0 Å². The molecule has 0 spiro atoms. The van der Waals surface area contributed by atoms with Gasteiger partial charge in [-0.1, -0.05) is 18.2 Å². The van der Waals surface area contributed by atoms with Crippen molar-refractivity contribution < 1.29 is 9.53 Å². The molecular weight excluding hydrogens is 400 g/mol. The summed E-state index contributed by atoms with van der Waals surface area (Å²) in [5, 5.41) is 9.30. The Kier molecular flexibility index (Phi) is 6.58. The molecule has 0 radical (unpaired) electrons. The fourth-order valence-corrected chi connectivity index (χ4v) is 4.40. The molecule has 1 aliphatic carbocycles. The second-order valence-electron chi connectivity index (χ2n) is 8.10. The number of hydrogen-bond acceptors (Lipinski definition) is 6. The van der Waals surface area contributed by atoms with Crippen molar-refractivity contribution in [3.8, 4) is 6.07 Å². The third-order valence-corrected chi connectivity index (χ3v) is 6.09. The highest BCUT2D eigenvalue weighted by molar-refractivity contribution is 5.91. The van der Waals surface area contributed by atoms with E-state index >= 15 is 0 Å². The van der Waals surface area contributed by atoms with Gasteiger partial charge in [-0.05, 0) is 67.1 Å². The Morgan fingerprint density at radius 3 is 2.78 bits per heavy atom. The SMILES string of the molecule is COC(=O)c1cc(C#N)ccc1CN(Cc1ncccc1C)C1CCCc2cccnc21. The molecular formula is C26H26N4O2. The van der Waals surface area contributed by atoms with Gasteiger partial charge in [0.05, 0.1) is 41.7 Å². The van der Waals surface area contributed by atoms with Gasteiger partial charge >= 0.3 is 5.97 Å². The summed E-state index contributed by atoms with van der Waals surface area (Å²) in [7, 11) is 1.36. The molecule has 0 saturated heterocycles. The van der Waals surface area contributed by atoms with Gasteiger partial charge in [0.1, 0.15) is 0 Å². The van der Waals surface area contributed by atoms with Crippen molar-refractivity contribution in [2.24, 2.45) is 0 Å². The summed E-state index contributed by atoms with van der Waals surface area (Å²) in [6.45, 7) is 3.22. The van der Waals surface area contributed by atoms with Gasteiger partial charge in [-0.15, -0.1) is 0 Å². The van der Waals surface area contributed by atoms with Crippen LogP contribution in [0, 0.1) is 18.3 Å². The van der Waals surface area contributed by atoms with E-state index in [0.29, 0.717) is 24.2 Å². The first-order chi connectivity index (χ1) is 15.6. The quantitative estimate of drug-likeness (QED) is 0.539. The van der Waals surface area contributed by atoms with Gasteiger partial charge in [-0.25, -0.2) is 4.79 Å². The van der Waals surface area contributed by atoms with Gasteiger partial charge in [0, 0.05) is 25.5 Å². The van der Waals surface area contributed by atoms with E-state index in [1.165, 1.54) is 12.7 Å². The average Bonchev–Trinajstić information content (AvgIpc) is 2.84. The Labute approximate surface area is 188 Å². The van der Waals surface area contributed by atoms with Crippen LogP contribution in [0.5, 0.6) is 0 Å². The molecule has 0 aliphatic heterocycles. The average molecular weight is 427 g/mol. The zero-order valence-corrected chi connectivity index (χ0v) is 18.4.